The van der Waals surface area contributed by atoms with Crippen molar-refractivity contribution < 1.29 is 28.8 Å². The van der Waals surface area contributed by atoms with Gasteiger partial charge in [-0.3, -0.25) is 19.2 Å². The number of benzene rings is 2. The molecule has 2 aromatic rings. The number of carbonyl (C=O) groups is 4. The smallest absolute Gasteiger partial charge is 0.333 e. The number of unbranched alkanes of at least 4 members (excludes halogenated alkanes) is 3. The summed E-state index contributed by atoms with van der Waals surface area (Å²) in [7, 11) is 0. The Hall–Kier alpha value is -3.98. The van der Waals surface area contributed by atoms with Gasteiger partial charge < -0.3 is 15.0 Å². The maximum atomic E-state index is 14.1. The van der Waals surface area contributed by atoms with Crippen molar-refractivity contribution in [3.05, 3.63) is 76.9 Å². The van der Waals surface area contributed by atoms with E-state index >= 15 is 0 Å². The second kappa shape index (κ2) is 15.8. The standard InChI is InChI=1S/C36H45N3O6/c1-2-44-38-32(40)20-8-3-4-9-21-33(41)39-24-30-27(22-26-16-10-13-19-29(26)30)23-31(39)35(42)37-34(25-14-6-5-7-15-25)36(43)45-28-17-11-12-18-28/h5-7,10,13-16,19,28,31,34H,2-4,8-9,11-12,17-18,20-24H2,1H3,(H,37,42)(H,38,40)/t31-,34+/m1/s1. The zero-order chi connectivity index (χ0) is 31.6. The molecule has 1 heterocycles. The highest BCUT2D eigenvalue weighted by Gasteiger charge is 2.40. The number of carbonyl (C=O) groups excluding carboxylic acids is 4. The summed E-state index contributed by atoms with van der Waals surface area (Å²) in [6.45, 7) is 2.59. The lowest BCUT2D eigenvalue weighted by Gasteiger charge is -2.37. The summed E-state index contributed by atoms with van der Waals surface area (Å²) in [5.74, 6) is -1.02. The lowest BCUT2D eigenvalue weighted by Crippen LogP contribution is -2.53. The average molecular weight is 616 g/mol. The van der Waals surface area contributed by atoms with E-state index in [9.17, 15) is 19.2 Å². The molecule has 0 aromatic heterocycles. The van der Waals surface area contributed by atoms with Crippen molar-refractivity contribution >= 4 is 29.3 Å². The van der Waals surface area contributed by atoms with Crippen LogP contribution in [0.15, 0.2) is 60.2 Å². The Morgan fingerprint density at radius 3 is 2.38 bits per heavy atom. The molecular formula is C36H45N3O6. The van der Waals surface area contributed by atoms with Crippen LogP contribution in [0.1, 0.15) is 100 Å². The van der Waals surface area contributed by atoms with E-state index in [0.29, 0.717) is 50.8 Å². The minimum absolute atomic E-state index is 0.0787. The normalized spacial score (nSPS) is 18.2. The lowest BCUT2D eigenvalue weighted by atomic mass is 9.92. The van der Waals surface area contributed by atoms with E-state index in [2.05, 4.69) is 22.9 Å². The fourth-order valence-electron chi connectivity index (χ4n) is 6.67. The van der Waals surface area contributed by atoms with E-state index in [1.807, 2.05) is 49.4 Å². The number of hydrogen-bond acceptors (Lipinski definition) is 6. The van der Waals surface area contributed by atoms with Gasteiger partial charge in [-0.15, -0.1) is 0 Å². The number of rotatable bonds is 14. The monoisotopic (exact) mass is 615 g/mol. The van der Waals surface area contributed by atoms with Crippen LogP contribution in [-0.4, -0.2) is 53.9 Å². The molecule has 0 unspecified atom stereocenters. The van der Waals surface area contributed by atoms with Crippen molar-refractivity contribution in [3.63, 3.8) is 0 Å². The van der Waals surface area contributed by atoms with E-state index in [4.69, 9.17) is 9.57 Å². The van der Waals surface area contributed by atoms with Crippen molar-refractivity contribution in [2.24, 2.45) is 0 Å². The molecule has 9 nitrogen and oxygen atoms in total. The van der Waals surface area contributed by atoms with Crippen LogP contribution in [0.5, 0.6) is 0 Å². The number of amides is 3. The topological polar surface area (TPSA) is 114 Å². The number of nitrogens with zero attached hydrogens (tertiary/aromatic N) is 1. The molecule has 2 aromatic carbocycles. The van der Waals surface area contributed by atoms with Crippen LogP contribution in [0.3, 0.4) is 0 Å². The van der Waals surface area contributed by atoms with Crippen molar-refractivity contribution in [3.8, 4) is 0 Å². The van der Waals surface area contributed by atoms with Gasteiger partial charge in [0.2, 0.25) is 17.7 Å². The summed E-state index contributed by atoms with van der Waals surface area (Å²) in [5.41, 5.74) is 7.73. The van der Waals surface area contributed by atoms with E-state index in [1.54, 1.807) is 4.90 Å². The highest BCUT2D eigenvalue weighted by molar-refractivity contribution is 5.94. The van der Waals surface area contributed by atoms with Gasteiger partial charge in [0.15, 0.2) is 6.04 Å². The Labute approximate surface area is 265 Å². The largest absolute Gasteiger partial charge is 0.461 e. The number of esters is 1. The molecule has 1 saturated carbocycles. The number of nitrogens with one attached hydrogen (secondary N) is 2. The molecule has 0 saturated heterocycles. The van der Waals surface area contributed by atoms with Crippen LogP contribution in [0.2, 0.25) is 0 Å². The van der Waals surface area contributed by atoms with Crippen molar-refractivity contribution in [1.29, 1.82) is 0 Å². The SMILES string of the molecule is CCONC(=O)CCCCCCC(=O)N1CC2=C(Cc3ccccc32)C[C@@H]1C(=O)N[C@H](C(=O)OC1CCCC1)c1ccccc1. The van der Waals surface area contributed by atoms with Gasteiger partial charge in [-0.05, 0) is 80.6 Å². The zero-order valence-electron chi connectivity index (χ0n) is 26.2. The zero-order valence-corrected chi connectivity index (χ0v) is 26.2. The molecular weight excluding hydrogens is 570 g/mol. The van der Waals surface area contributed by atoms with E-state index in [0.717, 1.165) is 56.1 Å². The van der Waals surface area contributed by atoms with Gasteiger partial charge in [-0.25, -0.2) is 10.3 Å². The van der Waals surface area contributed by atoms with Crippen LogP contribution < -0.4 is 10.8 Å². The highest BCUT2D eigenvalue weighted by Crippen LogP contribution is 2.40. The van der Waals surface area contributed by atoms with Crippen molar-refractivity contribution in [2.75, 3.05) is 13.2 Å². The predicted octanol–water partition coefficient (Wildman–Crippen LogP) is 5.35. The van der Waals surface area contributed by atoms with Gasteiger partial charge in [-0.2, -0.15) is 0 Å². The first-order valence-corrected chi connectivity index (χ1v) is 16.5. The average Bonchev–Trinajstić information content (AvgIpc) is 3.71. The second-order valence-electron chi connectivity index (χ2n) is 12.2. The van der Waals surface area contributed by atoms with Crippen LogP contribution >= 0.6 is 0 Å². The molecule has 2 aliphatic carbocycles. The number of fused-ring (bicyclic) bond motifs is 2. The predicted molar refractivity (Wildman–Crippen MR) is 170 cm³/mol. The molecule has 1 fully saturated rings. The van der Waals surface area contributed by atoms with E-state index < -0.39 is 18.1 Å². The Morgan fingerprint density at radius 2 is 1.62 bits per heavy atom. The first kappa shape index (κ1) is 32.4. The second-order valence-corrected chi connectivity index (χ2v) is 12.2. The van der Waals surface area contributed by atoms with Gasteiger partial charge >= 0.3 is 5.97 Å². The fourth-order valence-corrected chi connectivity index (χ4v) is 6.67. The van der Waals surface area contributed by atoms with E-state index in [1.165, 1.54) is 11.1 Å². The fraction of sp³-hybridized carbons (Fsp3) is 0.500. The summed E-state index contributed by atoms with van der Waals surface area (Å²) < 4.78 is 5.85. The molecule has 1 aliphatic heterocycles. The van der Waals surface area contributed by atoms with Gasteiger partial charge in [0.1, 0.15) is 12.1 Å². The molecule has 9 heteroatoms. The molecule has 0 radical (unpaired) electrons. The summed E-state index contributed by atoms with van der Waals surface area (Å²) in [6.07, 6.45) is 8.49. The van der Waals surface area contributed by atoms with Crippen molar-refractivity contribution in [2.45, 2.75) is 102 Å². The molecule has 2 N–H and O–H groups in total. The number of ether oxygens (including phenoxy) is 1. The van der Waals surface area contributed by atoms with Gasteiger partial charge in [0.05, 0.1) is 6.61 Å². The molecule has 2 atom stereocenters. The van der Waals surface area contributed by atoms with Crippen LogP contribution in [0.25, 0.3) is 5.57 Å². The van der Waals surface area contributed by atoms with Gasteiger partial charge in [0.25, 0.3) is 0 Å². The number of hydrogen-bond donors (Lipinski definition) is 2. The molecule has 0 bridgehead atoms. The summed E-state index contributed by atoms with van der Waals surface area (Å²) >= 11 is 0. The summed E-state index contributed by atoms with van der Waals surface area (Å²) in [6, 6.07) is 15.7. The third-order valence-electron chi connectivity index (χ3n) is 9.06. The third kappa shape index (κ3) is 8.39. The molecule has 3 aliphatic rings. The molecule has 0 spiro atoms. The molecule has 45 heavy (non-hydrogen) atoms. The molecule has 3 amide bonds. The Kier molecular flexibility index (Phi) is 11.4. The minimum atomic E-state index is -0.952. The highest BCUT2D eigenvalue weighted by atomic mass is 16.6. The Bertz CT molecular complexity index is 1380. The maximum Gasteiger partial charge on any atom is 0.333 e. The lowest BCUT2D eigenvalue weighted by molar-refractivity contribution is -0.153. The van der Waals surface area contributed by atoms with Crippen LogP contribution in [0, 0.1) is 0 Å². The van der Waals surface area contributed by atoms with Crippen LogP contribution in [-0.2, 0) is 35.2 Å². The quantitative estimate of drug-likeness (QED) is 0.168. The van der Waals surface area contributed by atoms with E-state index in [-0.39, 0.29) is 23.8 Å². The van der Waals surface area contributed by atoms with Crippen LogP contribution in [0.4, 0.5) is 0 Å². The van der Waals surface area contributed by atoms with Gasteiger partial charge in [0, 0.05) is 19.4 Å². The Balaban J connectivity index is 1.27. The number of hydroxylamine groups is 1. The third-order valence-corrected chi connectivity index (χ3v) is 9.06. The Morgan fingerprint density at radius 1 is 0.911 bits per heavy atom. The van der Waals surface area contributed by atoms with Crippen molar-refractivity contribution in [1.82, 2.24) is 15.7 Å². The first-order chi connectivity index (χ1) is 21.9. The summed E-state index contributed by atoms with van der Waals surface area (Å²) in [4.78, 5) is 59.6. The minimum Gasteiger partial charge on any atom is -0.461 e. The maximum absolute atomic E-state index is 14.1. The molecule has 5 rings (SSSR count). The summed E-state index contributed by atoms with van der Waals surface area (Å²) in [5, 5.41) is 2.99. The molecule has 240 valence electrons. The first-order valence-electron chi connectivity index (χ1n) is 16.5. The van der Waals surface area contributed by atoms with Gasteiger partial charge in [-0.1, -0.05) is 73.0 Å².